The lowest BCUT2D eigenvalue weighted by Gasteiger charge is -2.35. The fourth-order valence-electron chi connectivity index (χ4n) is 3.31. The van der Waals surface area contributed by atoms with Crippen molar-refractivity contribution in [1.82, 2.24) is 14.8 Å². The van der Waals surface area contributed by atoms with E-state index in [0.29, 0.717) is 35.9 Å². The highest BCUT2D eigenvalue weighted by molar-refractivity contribution is 5.94. The maximum atomic E-state index is 12.5. The first-order chi connectivity index (χ1) is 13.2. The van der Waals surface area contributed by atoms with Crippen molar-refractivity contribution in [2.75, 3.05) is 47.5 Å². The molecule has 144 valence electrons. The Hall–Kier alpha value is -2.80. The number of methoxy groups -OCH3 is 3. The number of piperazine rings is 1. The van der Waals surface area contributed by atoms with E-state index in [0.717, 1.165) is 25.2 Å². The van der Waals surface area contributed by atoms with Crippen LogP contribution in [-0.4, -0.2) is 68.2 Å². The third-order valence-corrected chi connectivity index (χ3v) is 4.77. The van der Waals surface area contributed by atoms with Gasteiger partial charge in [0.1, 0.15) is 0 Å². The number of hydrogen-bond donors (Lipinski definition) is 0. The zero-order chi connectivity index (χ0) is 19.2. The molecule has 1 aliphatic rings. The molecule has 27 heavy (non-hydrogen) atoms. The Morgan fingerprint density at radius 3 is 2.19 bits per heavy atom. The molecule has 0 N–H and O–H groups in total. The van der Waals surface area contributed by atoms with Crippen LogP contribution in [0.25, 0.3) is 0 Å². The van der Waals surface area contributed by atoms with E-state index in [9.17, 15) is 4.79 Å². The number of benzene rings is 1. The monoisotopic (exact) mass is 371 g/mol. The zero-order valence-electron chi connectivity index (χ0n) is 16.0. The normalized spacial score (nSPS) is 14.7. The number of nitrogens with zero attached hydrogens (tertiary/aromatic N) is 3. The molecule has 0 saturated carbocycles. The van der Waals surface area contributed by atoms with E-state index >= 15 is 0 Å². The van der Waals surface area contributed by atoms with Crippen molar-refractivity contribution in [1.29, 1.82) is 0 Å². The van der Waals surface area contributed by atoms with Crippen molar-refractivity contribution < 1.29 is 19.0 Å². The van der Waals surface area contributed by atoms with Gasteiger partial charge in [-0.2, -0.15) is 0 Å². The first kappa shape index (κ1) is 19.0. The summed E-state index contributed by atoms with van der Waals surface area (Å²) in [5.74, 6) is 1.99. The van der Waals surface area contributed by atoms with Crippen LogP contribution in [0.2, 0.25) is 0 Å². The van der Waals surface area contributed by atoms with Gasteiger partial charge in [0.2, 0.25) is 5.75 Å². The minimum Gasteiger partial charge on any atom is -0.493 e. The second-order valence-corrected chi connectivity index (χ2v) is 6.30. The fraction of sp³-hybridized carbons (Fsp3) is 0.400. The van der Waals surface area contributed by atoms with Crippen LogP contribution in [0.1, 0.15) is 15.9 Å². The van der Waals surface area contributed by atoms with Crippen LogP contribution >= 0.6 is 0 Å². The van der Waals surface area contributed by atoms with E-state index < -0.39 is 0 Å². The highest BCUT2D eigenvalue weighted by Crippen LogP contribution is 2.40. The molecule has 0 radical (unpaired) electrons. The third kappa shape index (κ3) is 4.14. The standard InChI is InChI=1S/C20H25N3O4/c1-25-17-5-4-16(18(26-2)19(17)27-3)14-22-10-12-23(13-11-22)20(24)15-6-8-21-9-7-15/h4-9H,10-14H2,1-3H3. The van der Waals surface area contributed by atoms with Gasteiger partial charge in [-0.15, -0.1) is 0 Å². The lowest BCUT2D eigenvalue weighted by atomic mass is 10.1. The van der Waals surface area contributed by atoms with Gasteiger partial charge in [0.25, 0.3) is 5.91 Å². The van der Waals surface area contributed by atoms with Gasteiger partial charge in [0.15, 0.2) is 11.5 Å². The Morgan fingerprint density at radius 2 is 1.59 bits per heavy atom. The number of aromatic nitrogens is 1. The maximum Gasteiger partial charge on any atom is 0.254 e. The molecule has 7 nitrogen and oxygen atoms in total. The lowest BCUT2D eigenvalue weighted by Crippen LogP contribution is -2.48. The van der Waals surface area contributed by atoms with Crippen molar-refractivity contribution in [2.45, 2.75) is 6.54 Å². The topological polar surface area (TPSA) is 64.1 Å². The summed E-state index contributed by atoms with van der Waals surface area (Å²) in [5, 5.41) is 0. The number of pyridine rings is 1. The van der Waals surface area contributed by atoms with Crippen LogP contribution < -0.4 is 14.2 Å². The summed E-state index contributed by atoms with van der Waals surface area (Å²) in [6, 6.07) is 7.39. The molecule has 0 unspecified atom stereocenters. The Labute approximate surface area is 159 Å². The summed E-state index contributed by atoms with van der Waals surface area (Å²) in [6.45, 7) is 3.71. The fourth-order valence-corrected chi connectivity index (χ4v) is 3.31. The molecule has 2 heterocycles. The number of rotatable bonds is 6. The largest absolute Gasteiger partial charge is 0.493 e. The summed E-state index contributed by atoms with van der Waals surface area (Å²) < 4.78 is 16.4. The van der Waals surface area contributed by atoms with Gasteiger partial charge in [-0.1, -0.05) is 6.07 Å². The van der Waals surface area contributed by atoms with Crippen LogP contribution in [0, 0.1) is 0 Å². The average molecular weight is 371 g/mol. The molecule has 1 aromatic carbocycles. The highest BCUT2D eigenvalue weighted by atomic mass is 16.5. The van der Waals surface area contributed by atoms with Gasteiger partial charge in [-0.25, -0.2) is 0 Å². The molecule has 1 amide bonds. The van der Waals surface area contributed by atoms with E-state index in [1.807, 2.05) is 17.0 Å². The molecular formula is C20H25N3O4. The molecule has 1 aliphatic heterocycles. The number of carbonyl (C=O) groups excluding carboxylic acids is 1. The van der Waals surface area contributed by atoms with Crippen LogP contribution in [0.15, 0.2) is 36.7 Å². The second kappa shape index (κ2) is 8.73. The maximum absolute atomic E-state index is 12.5. The summed E-state index contributed by atoms with van der Waals surface area (Å²) in [5.41, 5.74) is 1.71. The predicted molar refractivity (Wildman–Crippen MR) is 102 cm³/mol. The lowest BCUT2D eigenvalue weighted by molar-refractivity contribution is 0.0627. The van der Waals surface area contributed by atoms with Crippen molar-refractivity contribution in [2.24, 2.45) is 0 Å². The van der Waals surface area contributed by atoms with Crippen LogP contribution in [0.5, 0.6) is 17.2 Å². The van der Waals surface area contributed by atoms with Gasteiger partial charge in [-0.3, -0.25) is 14.7 Å². The van der Waals surface area contributed by atoms with Gasteiger partial charge < -0.3 is 19.1 Å². The molecule has 3 rings (SSSR count). The first-order valence-electron chi connectivity index (χ1n) is 8.87. The summed E-state index contributed by atoms with van der Waals surface area (Å²) in [6.07, 6.45) is 3.29. The number of carbonyl (C=O) groups is 1. The average Bonchev–Trinajstić information content (AvgIpc) is 2.73. The molecule has 2 aromatic rings. The highest BCUT2D eigenvalue weighted by Gasteiger charge is 2.24. The van der Waals surface area contributed by atoms with Gasteiger partial charge >= 0.3 is 0 Å². The first-order valence-corrected chi connectivity index (χ1v) is 8.87. The number of ether oxygens (including phenoxy) is 3. The number of hydrogen-bond acceptors (Lipinski definition) is 6. The predicted octanol–water partition coefficient (Wildman–Crippen LogP) is 2.07. The molecule has 0 aliphatic carbocycles. The third-order valence-electron chi connectivity index (χ3n) is 4.77. The second-order valence-electron chi connectivity index (χ2n) is 6.30. The molecule has 1 aromatic heterocycles. The van der Waals surface area contributed by atoms with E-state index in [1.54, 1.807) is 45.9 Å². The zero-order valence-corrected chi connectivity index (χ0v) is 16.0. The van der Waals surface area contributed by atoms with Crippen molar-refractivity contribution >= 4 is 5.91 Å². The smallest absolute Gasteiger partial charge is 0.254 e. The molecule has 7 heteroatoms. The molecule has 1 fully saturated rings. The van der Waals surface area contributed by atoms with Crippen LogP contribution in [0.3, 0.4) is 0 Å². The molecule has 0 spiro atoms. The number of amides is 1. The van der Waals surface area contributed by atoms with Crippen molar-refractivity contribution in [3.63, 3.8) is 0 Å². The van der Waals surface area contributed by atoms with E-state index in [4.69, 9.17) is 14.2 Å². The van der Waals surface area contributed by atoms with Gasteiger partial charge in [0.05, 0.1) is 21.3 Å². The van der Waals surface area contributed by atoms with Gasteiger partial charge in [-0.05, 0) is 18.2 Å². The minimum absolute atomic E-state index is 0.0562. The van der Waals surface area contributed by atoms with Crippen LogP contribution in [0.4, 0.5) is 0 Å². The van der Waals surface area contributed by atoms with E-state index in [-0.39, 0.29) is 5.91 Å². The minimum atomic E-state index is 0.0562. The van der Waals surface area contributed by atoms with E-state index in [2.05, 4.69) is 9.88 Å². The van der Waals surface area contributed by atoms with E-state index in [1.165, 1.54) is 0 Å². The molecule has 0 bridgehead atoms. The molecule has 0 atom stereocenters. The van der Waals surface area contributed by atoms with Crippen molar-refractivity contribution in [3.8, 4) is 17.2 Å². The molecular weight excluding hydrogens is 346 g/mol. The summed E-state index contributed by atoms with van der Waals surface area (Å²) in [4.78, 5) is 20.7. The SMILES string of the molecule is COc1ccc(CN2CCN(C(=O)c3ccncc3)CC2)c(OC)c1OC. The summed E-state index contributed by atoms with van der Waals surface area (Å²) >= 11 is 0. The Bertz CT molecular complexity index is 774. The molecule has 1 saturated heterocycles. The Balaban J connectivity index is 1.65. The summed E-state index contributed by atoms with van der Waals surface area (Å²) in [7, 11) is 4.84. The van der Waals surface area contributed by atoms with Crippen LogP contribution in [-0.2, 0) is 6.54 Å². The van der Waals surface area contributed by atoms with Crippen molar-refractivity contribution in [3.05, 3.63) is 47.8 Å². The Kier molecular flexibility index (Phi) is 6.13. The quantitative estimate of drug-likeness (QED) is 0.775. The Morgan fingerprint density at radius 1 is 0.926 bits per heavy atom. The van der Waals surface area contributed by atoms with Gasteiger partial charge in [0, 0.05) is 56.2 Å².